The Morgan fingerprint density at radius 1 is 1.37 bits per heavy atom. The Bertz CT molecular complexity index is 329. The van der Waals surface area contributed by atoms with E-state index in [0.29, 0.717) is 12.6 Å². The number of carboxylic acid groups (broad SMARTS) is 1. The molecule has 0 aromatic rings. The molecule has 0 saturated heterocycles. The third-order valence-corrected chi connectivity index (χ3v) is 3.08. The molecular formula is C12H23N3O4. The van der Waals surface area contributed by atoms with Crippen LogP contribution in [0.15, 0.2) is 0 Å². The number of aliphatic carboxylic acids is 1. The van der Waals surface area contributed by atoms with Gasteiger partial charge in [-0.3, -0.25) is 4.79 Å². The van der Waals surface area contributed by atoms with Crippen molar-refractivity contribution in [1.82, 2.24) is 15.5 Å². The second-order valence-electron chi connectivity index (χ2n) is 5.39. The van der Waals surface area contributed by atoms with Gasteiger partial charge in [-0.2, -0.15) is 0 Å². The SMILES string of the molecule is CN(CCNC(=O)NCC(C)(O)CC(=O)O)C1CC1. The van der Waals surface area contributed by atoms with Crippen LogP contribution < -0.4 is 10.6 Å². The number of carbonyl (C=O) groups excluding carboxylic acids is 1. The van der Waals surface area contributed by atoms with Crippen LogP contribution in [0.1, 0.15) is 26.2 Å². The summed E-state index contributed by atoms with van der Waals surface area (Å²) in [6.45, 7) is 2.59. The summed E-state index contributed by atoms with van der Waals surface area (Å²) in [7, 11) is 2.02. The molecule has 0 heterocycles. The molecule has 2 amide bonds. The first-order valence-corrected chi connectivity index (χ1v) is 6.46. The van der Waals surface area contributed by atoms with Crippen LogP contribution in [0.4, 0.5) is 4.79 Å². The first-order valence-electron chi connectivity index (χ1n) is 6.46. The van der Waals surface area contributed by atoms with Crippen molar-refractivity contribution in [3.63, 3.8) is 0 Å². The Balaban J connectivity index is 2.11. The molecule has 1 saturated carbocycles. The van der Waals surface area contributed by atoms with Gasteiger partial charge in [-0.1, -0.05) is 0 Å². The number of nitrogens with one attached hydrogen (secondary N) is 2. The van der Waals surface area contributed by atoms with Gasteiger partial charge >= 0.3 is 12.0 Å². The van der Waals surface area contributed by atoms with Crippen LogP contribution in [0.3, 0.4) is 0 Å². The fraction of sp³-hybridized carbons (Fsp3) is 0.833. The van der Waals surface area contributed by atoms with Gasteiger partial charge in [0.1, 0.15) is 0 Å². The van der Waals surface area contributed by atoms with Crippen molar-refractivity contribution in [3.8, 4) is 0 Å². The molecule has 0 aromatic heterocycles. The predicted molar refractivity (Wildman–Crippen MR) is 69.9 cm³/mol. The van der Waals surface area contributed by atoms with Crippen molar-refractivity contribution < 1.29 is 19.8 Å². The predicted octanol–water partition coefficient (Wildman–Crippen LogP) is -0.394. The summed E-state index contributed by atoms with van der Waals surface area (Å²) in [6.07, 6.45) is 2.04. The lowest BCUT2D eigenvalue weighted by molar-refractivity contribution is -0.141. The van der Waals surface area contributed by atoms with Crippen molar-refractivity contribution in [2.24, 2.45) is 0 Å². The van der Waals surface area contributed by atoms with Crippen LogP contribution in [0.2, 0.25) is 0 Å². The number of amides is 2. The number of aliphatic hydroxyl groups is 1. The lowest BCUT2D eigenvalue weighted by Gasteiger charge is -2.22. The van der Waals surface area contributed by atoms with Gasteiger partial charge in [0.2, 0.25) is 0 Å². The van der Waals surface area contributed by atoms with Gasteiger partial charge in [0.05, 0.1) is 12.0 Å². The maximum absolute atomic E-state index is 11.4. The zero-order chi connectivity index (χ0) is 14.5. The average Bonchev–Trinajstić information content (AvgIpc) is 3.08. The molecule has 1 aliphatic carbocycles. The zero-order valence-electron chi connectivity index (χ0n) is 11.5. The van der Waals surface area contributed by atoms with Gasteiger partial charge in [0.25, 0.3) is 0 Å². The van der Waals surface area contributed by atoms with Crippen LogP contribution in [-0.2, 0) is 4.79 Å². The third-order valence-electron chi connectivity index (χ3n) is 3.08. The Hall–Kier alpha value is -1.34. The van der Waals surface area contributed by atoms with E-state index < -0.39 is 24.0 Å². The van der Waals surface area contributed by atoms with Gasteiger partial charge in [-0.15, -0.1) is 0 Å². The number of hydrogen-bond donors (Lipinski definition) is 4. The van der Waals surface area contributed by atoms with Crippen molar-refractivity contribution >= 4 is 12.0 Å². The smallest absolute Gasteiger partial charge is 0.314 e. The molecule has 110 valence electrons. The van der Waals surface area contributed by atoms with Crippen molar-refractivity contribution in [2.45, 2.75) is 37.8 Å². The lowest BCUT2D eigenvalue weighted by atomic mass is 10.0. The summed E-state index contributed by atoms with van der Waals surface area (Å²) in [5.41, 5.74) is -1.44. The Morgan fingerprint density at radius 3 is 2.53 bits per heavy atom. The number of nitrogens with zero attached hydrogens (tertiary/aromatic N) is 1. The van der Waals surface area contributed by atoms with Crippen LogP contribution in [-0.4, -0.2) is 65.4 Å². The molecule has 1 rings (SSSR count). The second-order valence-corrected chi connectivity index (χ2v) is 5.39. The summed E-state index contributed by atoms with van der Waals surface area (Å²) in [4.78, 5) is 24.1. The monoisotopic (exact) mass is 273 g/mol. The first kappa shape index (κ1) is 15.7. The molecule has 0 bridgehead atoms. The summed E-state index contributed by atoms with van der Waals surface area (Å²) in [5, 5.41) is 23.4. The molecule has 19 heavy (non-hydrogen) atoms. The van der Waals surface area contributed by atoms with Gasteiger partial charge in [-0.25, -0.2) is 4.79 Å². The quantitative estimate of drug-likeness (QED) is 0.482. The molecule has 0 spiro atoms. The van der Waals surface area contributed by atoms with E-state index in [1.54, 1.807) is 0 Å². The van der Waals surface area contributed by atoms with Crippen molar-refractivity contribution in [2.75, 3.05) is 26.7 Å². The van der Waals surface area contributed by atoms with Gasteiger partial charge < -0.3 is 25.7 Å². The van der Waals surface area contributed by atoms with E-state index in [1.165, 1.54) is 19.8 Å². The lowest BCUT2D eigenvalue weighted by Crippen LogP contribution is -2.47. The molecule has 7 heteroatoms. The second kappa shape index (κ2) is 6.72. The minimum atomic E-state index is -1.44. The molecule has 1 unspecified atom stereocenters. The number of likely N-dealkylation sites (N-methyl/N-ethyl adjacent to an activating group) is 1. The molecular weight excluding hydrogens is 250 g/mol. The van der Waals surface area contributed by atoms with Gasteiger partial charge in [0.15, 0.2) is 0 Å². The zero-order valence-corrected chi connectivity index (χ0v) is 11.5. The van der Waals surface area contributed by atoms with Crippen LogP contribution in [0, 0.1) is 0 Å². The van der Waals surface area contributed by atoms with E-state index in [9.17, 15) is 14.7 Å². The van der Waals surface area contributed by atoms with Gasteiger partial charge in [-0.05, 0) is 26.8 Å². The first-order chi connectivity index (χ1) is 8.80. The maximum Gasteiger partial charge on any atom is 0.314 e. The Kier molecular flexibility index (Phi) is 5.56. The van der Waals surface area contributed by atoms with Gasteiger partial charge in [0, 0.05) is 25.7 Å². The number of rotatable bonds is 8. The summed E-state index contributed by atoms with van der Waals surface area (Å²) in [6, 6.07) is 0.260. The highest BCUT2D eigenvalue weighted by Crippen LogP contribution is 2.24. The normalized spacial score (nSPS) is 17.9. The molecule has 0 radical (unpaired) electrons. The van der Waals surface area contributed by atoms with E-state index >= 15 is 0 Å². The van der Waals surface area contributed by atoms with E-state index in [0.717, 1.165) is 6.54 Å². The average molecular weight is 273 g/mol. The van der Waals surface area contributed by atoms with E-state index in [2.05, 4.69) is 15.5 Å². The van der Waals surface area contributed by atoms with E-state index in [-0.39, 0.29) is 6.54 Å². The third kappa shape index (κ3) is 6.97. The molecule has 0 aromatic carbocycles. The minimum Gasteiger partial charge on any atom is -0.481 e. The number of carboxylic acids is 1. The van der Waals surface area contributed by atoms with Crippen LogP contribution >= 0.6 is 0 Å². The number of carbonyl (C=O) groups is 2. The minimum absolute atomic E-state index is 0.0937. The Morgan fingerprint density at radius 2 is 2.00 bits per heavy atom. The standard InChI is InChI=1S/C12H23N3O4/c1-12(19,7-10(16)17)8-14-11(18)13-5-6-15(2)9-3-4-9/h9,19H,3-8H2,1-2H3,(H,16,17)(H2,13,14,18). The molecule has 7 nitrogen and oxygen atoms in total. The molecule has 1 fully saturated rings. The number of hydrogen-bond acceptors (Lipinski definition) is 4. The van der Waals surface area contributed by atoms with E-state index in [1.807, 2.05) is 7.05 Å². The summed E-state index contributed by atoms with van der Waals surface area (Å²) in [5.74, 6) is -1.10. The fourth-order valence-electron chi connectivity index (χ4n) is 1.77. The Labute approximate surface area is 113 Å². The van der Waals surface area contributed by atoms with Crippen molar-refractivity contribution in [3.05, 3.63) is 0 Å². The highest BCUT2D eigenvalue weighted by Gasteiger charge is 2.26. The molecule has 0 aliphatic heterocycles. The van der Waals surface area contributed by atoms with E-state index in [4.69, 9.17) is 5.11 Å². The fourth-order valence-corrected chi connectivity index (χ4v) is 1.77. The topological polar surface area (TPSA) is 102 Å². The summed E-state index contributed by atoms with van der Waals surface area (Å²) < 4.78 is 0. The van der Waals surface area contributed by atoms with Crippen LogP contribution in [0.25, 0.3) is 0 Å². The van der Waals surface area contributed by atoms with Crippen LogP contribution in [0.5, 0.6) is 0 Å². The number of urea groups is 1. The highest BCUT2D eigenvalue weighted by atomic mass is 16.4. The molecule has 1 atom stereocenters. The highest BCUT2D eigenvalue weighted by molar-refractivity contribution is 5.74. The van der Waals surface area contributed by atoms with Crippen molar-refractivity contribution in [1.29, 1.82) is 0 Å². The molecule has 1 aliphatic rings. The maximum atomic E-state index is 11.4. The molecule has 4 N–H and O–H groups in total. The summed E-state index contributed by atoms with van der Waals surface area (Å²) >= 11 is 0. The largest absolute Gasteiger partial charge is 0.481 e.